The molecule has 2 aliphatic rings. The highest BCUT2D eigenvalue weighted by Crippen LogP contribution is 2.62. The first-order chi connectivity index (χ1) is 14.3. The highest BCUT2D eigenvalue weighted by Gasteiger charge is 2.58. The van der Waals surface area contributed by atoms with Crippen LogP contribution in [0.5, 0.6) is 17.2 Å². The summed E-state index contributed by atoms with van der Waals surface area (Å²) in [7, 11) is 0. The molecule has 1 aromatic rings. The summed E-state index contributed by atoms with van der Waals surface area (Å²) in [6.45, 7) is 17.8. The Labute approximate surface area is 189 Å². The second-order valence-corrected chi connectivity index (χ2v) is 11.6. The molecule has 0 spiro atoms. The molecule has 0 saturated heterocycles. The van der Waals surface area contributed by atoms with Crippen LogP contribution in [0.2, 0.25) is 0 Å². The summed E-state index contributed by atoms with van der Waals surface area (Å²) in [5, 5.41) is 11.4. The van der Waals surface area contributed by atoms with Crippen LogP contribution in [0.1, 0.15) is 87.5 Å². The van der Waals surface area contributed by atoms with Gasteiger partial charge in [0.1, 0.15) is 17.2 Å². The Hall–Kier alpha value is -1.42. The van der Waals surface area contributed by atoms with Crippen molar-refractivity contribution in [2.75, 3.05) is 6.61 Å². The van der Waals surface area contributed by atoms with Gasteiger partial charge in [-0.3, -0.25) is 0 Å². The third-order valence-electron chi connectivity index (χ3n) is 7.78. The Morgan fingerprint density at radius 3 is 1.97 bits per heavy atom. The monoisotopic (exact) mass is 432 g/mol. The van der Waals surface area contributed by atoms with Gasteiger partial charge in [0.15, 0.2) is 0 Å². The van der Waals surface area contributed by atoms with Crippen LogP contribution < -0.4 is 14.2 Å². The van der Waals surface area contributed by atoms with Crippen molar-refractivity contribution in [3.63, 3.8) is 0 Å². The molecule has 1 N–H and O–H groups in total. The Bertz CT molecular complexity index is 723. The summed E-state index contributed by atoms with van der Waals surface area (Å²) in [5.41, 5.74) is -0.334. The topological polar surface area (TPSA) is 47.9 Å². The maximum absolute atomic E-state index is 11.4. The third-order valence-corrected chi connectivity index (χ3v) is 7.78. The minimum Gasteiger partial charge on any atom is -0.493 e. The zero-order chi connectivity index (χ0) is 23.0. The molecule has 0 unspecified atom stereocenters. The lowest BCUT2D eigenvalue weighted by Gasteiger charge is -2.60. The smallest absolute Gasteiger partial charge is 0.127 e. The van der Waals surface area contributed by atoms with Gasteiger partial charge in [0.05, 0.1) is 24.4 Å². The average molecular weight is 433 g/mol. The van der Waals surface area contributed by atoms with Crippen molar-refractivity contribution in [3.05, 3.63) is 18.2 Å². The molecule has 31 heavy (non-hydrogen) atoms. The van der Waals surface area contributed by atoms with Crippen LogP contribution in [0.3, 0.4) is 0 Å². The van der Waals surface area contributed by atoms with E-state index in [0.29, 0.717) is 17.9 Å². The minimum absolute atomic E-state index is 0.0744. The second-order valence-electron chi connectivity index (χ2n) is 11.6. The summed E-state index contributed by atoms with van der Waals surface area (Å²) in [6.07, 6.45) is 5.73. The summed E-state index contributed by atoms with van der Waals surface area (Å²) in [5.74, 6) is 2.94. The van der Waals surface area contributed by atoms with Gasteiger partial charge in [-0.15, -0.1) is 0 Å². The molecule has 176 valence electrons. The van der Waals surface area contributed by atoms with E-state index in [4.69, 9.17) is 14.2 Å². The van der Waals surface area contributed by atoms with E-state index in [1.54, 1.807) is 0 Å². The molecule has 2 saturated carbocycles. The molecule has 4 heteroatoms. The molecule has 0 radical (unpaired) electrons. The number of aliphatic hydroxyl groups is 1. The number of rotatable bonds is 7. The van der Waals surface area contributed by atoms with Crippen LogP contribution in [-0.4, -0.2) is 29.5 Å². The van der Waals surface area contributed by atoms with E-state index >= 15 is 0 Å². The number of hydrogen-bond donors (Lipinski definition) is 1. The van der Waals surface area contributed by atoms with Gasteiger partial charge in [0.25, 0.3) is 0 Å². The molecule has 0 amide bonds. The van der Waals surface area contributed by atoms with E-state index in [2.05, 4.69) is 20.8 Å². The maximum Gasteiger partial charge on any atom is 0.127 e. The summed E-state index contributed by atoms with van der Waals surface area (Å²) in [4.78, 5) is 0. The highest BCUT2D eigenvalue weighted by atomic mass is 16.5. The van der Waals surface area contributed by atoms with Crippen molar-refractivity contribution in [2.24, 2.45) is 22.7 Å². The average Bonchev–Trinajstić information content (AvgIpc) is 2.58. The molecule has 2 fully saturated rings. The van der Waals surface area contributed by atoms with Gasteiger partial charge < -0.3 is 19.3 Å². The molecular weight excluding hydrogens is 388 g/mol. The van der Waals surface area contributed by atoms with Crippen molar-refractivity contribution in [3.8, 4) is 17.2 Å². The first-order valence-electron chi connectivity index (χ1n) is 12.2. The van der Waals surface area contributed by atoms with Crippen LogP contribution in [0, 0.1) is 22.7 Å². The number of fused-ring (bicyclic) bond motifs is 1. The van der Waals surface area contributed by atoms with Crippen LogP contribution in [0.25, 0.3) is 0 Å². The molecule has 0 bridgehead atoms. The lowest BCUT2D eigenvalue weighted by atomic mass is 9.46. The van der Waals surface area contributed by atoms with Gasteiger partial charge in [-0.2, -0.15) is 0 Å². The molecule has 0 heterocycles. The van der Waals surface area contributed by atoms with Crippen LogP contribution >= 0.6 is 0 Å². The molecule has 4 nitrogen and oxygen atoms in total. The van der Waals surface area contributed by atoms with Gasteiger partial charge in [-0.05, 0) is 77.0 Å². The number of hydrogen-bond acceptors (Lipinski definition) is 4. The fourth-order valence-electron chi connectivity index (χ4n) is 6.48. The fraction of sp³-hybridized carbons (Fsp3) is 0.778. The highest BCUT2D eigenvalue weighted by molar-refractivity contribution is 5.42. The Morgan fingerprint density at radius 2 is 1.42 bits per heavy atom. The lowest BCUT2D eigenvalue weighted by molar-refractivity contribution is -0.176. The maximum atomic E-state index is 11.4. The number of ether oxygens (including phenoxy) is 3. The summed E-state index contributed by atoms with van der Waals surface area (Å²) in [6, 6.07) is 5.80. The van der Waals surface area contributed by atoms with E-state index in [1.165, 1.54) is 12.8 Å². The van der Waals surface area contributed by atoms with Crippen molar-refractivity contribution >= 4 is 0 Å². The fourth-order valence-corrected chi connectivity index (χ4v) is 6.48. The number of benzene rings is 1. The Balaban J connectivity index is 1.85. The molecule has 0 aliphatic heterocycles. The third kappa shape index (κ3) is 5.32. The normalized spacial score (nSPS) is 32.6. The SMILES string of the molecule is CC(C)Oc1cc(OC[C@@H]2[C@@]3(C)CCCC(C)(C)[C@@H]3CC[C@@]2(C)O)cc(OC(C)C)c1. The molecule has 3 rings (SSSR count). The van der Waals surface area contributed by atoms with Crippen LogP contribution in [0.15, 0.2) is 18.2 Å². The van der Waals surface area contributed by atoms with Gasteiger partial charge in [-0.25, -0.2) is 0 Å². The van der Waals surface area contributed by atoms with Crippen LogP contribution in [-0.2, 0) is 0 Å². The largest absolute Gasteiger partial charge is 0.493 e. The van der Waals surface area contributed by atoms with E-state index in [1.807, 2.05) is 52.8 Å². The first-order valence-corrected chi connectivity index (χ1v) is 12.2. The van der Waals surface area contributed by atoms with E-state index in [0.717, 1.165) is 36.5 Å². The van der Waals surface area contributed by atoms with Gasteiger partial charge in [-0.1, -0.05) is 27.2 Å². The quantitative estimate of drug-likeness (QED) is 0.525. The van der Waals surface area contributed by atoms with E-state index < -0.39 is 5.60 Å². The van der Waals surface area contributed by atoms with Crippen molar-refractivity contribution in [1.29, 1.82) is 0 Å². The van der Waals surface area contributed by atoms with Crippen molar-refractivity contribution in [1.82, 2.24) is 0 Å². The van der Waals surface area contributed by atoms with E-state index in [-0.39, 0.29) is 23.5 Å². The predicted octanol–water partition coefficient (Wildman–Crippen LogP) is 6.63. The van der Waals surface area contributed by atoms with Crippen molar-refractivity contribution in [2.45, 2.75) is 105 Å². The first kappa shape index (κ1) is 24.2. The molecular formula is C27H44O4. The van der Waals surface area contributed by atoms with Gasteiger partial charge in [0.2, 0.25) is 0 Å². The molecule has 0 aromatic heterocycles. The van der Waals surface area contributed by atoms with Gasteiger partial charge in [0, 0.05) is 24.1 Å². The van der Waals surface area contributed by atoms with Crippen molar-refractivity contribution < 1.29 is 19.3 Å². The van der Waals surface area contributed by atoms with Gasteiger partial charge >= 0.3 is 0 Å². The minimum atomic E-state index is -0.720. The van der Waals surface area contributed by atoms with Crippen LogP contribution in [0.4, 0.5) is 0 Å². The summed E-state index contributed by atoms with van der Waals surface area (Å²) >= 11 is 0. The second kappa shape index (κ2) is 8.84. The molecule has 2 aliphatic carbocycles. The summed E-state index contributed by atoms with van der Waals surface area (Å²) < 4.78 is 18.3. The zero-order valence-corrected chi connectivity index (χ0v) is 21.0. The zero-order valence-electron chi connectivity index (χ0n) is 21.0. The molecule has 4 atom stereocenters. The van der Waals surface area contributed by atoms with E-state index in [9.17, 15) is 5.11 Å². The lowest BCUT2D eigenvalue weighted by Crippen LogP contribution is -2.59. The predicted molar refractivity (Wildman–Crippen MR) is 126 cm³/mol. The molecule has 1 aromatic carbocycles. The standard InChI is InChI=1S/C27H44O4/c1-18(2)30-21-14-20(15-22(16-21)31-19(3)4)29-17-24-26(7)12-9-11-25(5,6)23(26)10-13-27(24,8)28/h14-16,18-19,23-24,28H,9-13,17H2,1-8H3/t23-,24+,26-,27+/m0/s1. The Kier molecular flexibility index (Phi) is 6.91. The Morgan fingerprint density at radius 1 is 0.871 bits per heavy atom.